The number of aromatic carboxylic acids is 2. The number of allylic oxidation sites excluding steroid dienone is 1. The minimum absolute atomic E-state index is 0. The number of nitriles is 2. The average Bonchev–Trinajstić information content (AvgIpc) is 0.813. The van der Waals surface area contributed by atoms with Crippen molar-refractivity contribution in [1.82, 2.24) is 40.0 Å². The lowest BCUT2D eigenvalue weighted by molar-refractivity contribution is -0.126. The van der Waals surface area contributed by atoms with Crippen LogP contribution in [-0.2, 0) is 19.1 Å². The number of piperazine rings is 4. The minimum Gasteiger partial charge on any atom is -0.478 e. The second-order valence-corrected chi connectivity index (χ2v) is 33.6. The average molecular weight is 1930 g/mol. The number of amides is 3. The molecule has 0 radical (unpaired) electrons. The van der Waals surface area contributed by atoms with E-state index in [1.807, 2.05) is 228 Å². The molecule has 0 saturated carbocycles. The number of carboxylic acids is 2. The molecule has 4 aliphatic rings. The lowest BCUT2D eigenvalue weighted by atomic mass is 9.80. The lowest BCUT2D eigenvalue weighted by Crippen LogP contribution is -2.50. The Bertz CT molecular complexity index is 6140. The Morgan fingerprint density at radius 1 is 0.384 bits per heavy atom. The molecule has 8 heterocycles. The van der Waals surface area contributed by atoms with E-state index in [9.17, 15) is 44.2 Å². The van der Waals surface area contributed by atoms with E-state index >= 15 is 0 Å². The van der Waals surface area contributed by atoms with E-state index in [0.717, 1.165) is 78.0 Å². The van der Waals surface area contributed by atoms with Crippen molar-refractivity contribution in [2.24, 2.45) is 0 Å². The van der Waals surface area contributed by atoms with Crippen LogP contribution in [-0.4, -0.2) is 213 Å². The Labute approximate surface area is 818 Å². The number of carbonyl (C=O) groups excluding carboxylic acids is 4. The number of carboxylic acid groups (broad SMARTS) is 2. The summed E-state index contributed by atoms with van der Waals surface area (Å²) in [6.45, 7) is 28.4. The van der Waals surface area contributed by atoms with Crippen molar-refractivity contribution >= 4 is 107 Å². The number of ether oxygens (including phenoxy) is 6. The van der Waals surface area contributed by atoms with Crippen LogP contribution in [0.3, 0.4) is 0 Å². The molecule has 8 aromatic carbocycles. The van der Waals surface area contributed by atoms with Gasteiger partial charge in [-0.2, -0.15) is 10.5 Å². The Balaban J connectivity index is 0.000000178. The highest BCUT2D eigenvalue weighted by atomic mass is 35.5. The third-order valence-electron chi connectivity index (χ3n) is 20.9. The molecular weight excluding hydrogens is 1820 g/mol. The van der Waals surface area contributed by atoms with Crippen molar-refractivity contribution in [1.29, 1.82) is 10.5 Å². The zero-order valence-electron chi connectivity index (χ0n) is 77.0. The van der Waals surface area contributed by atoms with Crippen molar-refractivity contribution in [3.63, 3.8) is 0 Å². The fourth-order valence-electron chi connectivity index (χ4n) is 14.0. The monoisotopic (exact) mass is 1920 g/mol. The molecule has 0 aliphatic carbocycles. The quantitative estimate of drug-likeness (QED) is 0.0205. The van der Waals surface area contributed by atoms with E-state index in [4.69, 9.17) is 71.9 Å². The molecule has 16 rings (SSSR count). The van der Waals surface area contributed by atoms with Gasteiger partial charge >= 0.3 is 31.2 Å². The van der Waals surface area contributed by atoms with Gasteiger partial charge < -0.3 is 88.3 Å². The summed E-state index contributed by atoms with van der Waals surface area (Å²) in [7, 11) is -1.44. The predicted molar refractivity (Wildman–Crippen MR) is 536 cm³/mol. The number of nitrogens with one attached hydrogen (secondary N) is 1. The molecule has 4 aromatic heterocycles. The van der Waals surface area contributed by atoms with Gasteiger partial charge in [-0.1, -0.05) is 110 Å². The standard InChI is InChI=1S/C27H28N4O3.C25H23N3O4.C22H21N3O3.C15H19ClN4O2.C12H11BO3.C3H3ClO.ClH/c1-27(2,3)34-26(32)31-17-15-30(16-18-31)24-14-11-21(19-28)25(29-24)20-9-12-23(13-10-20)33-22-7-5-4-6-8-22;1-2-23(29)28-16-14-27(15-17-28)22-13-12-21(25(30)31)24(26-22)18-8-10-20(11-9-18)32-19-6-4-3-5-7-19;26-22(27)19-10-11-20(25-14-12-23-13-15-25)24-21(19)16-6-8-18(9-7-16)28-17-4-2-1-3-5-17;1-15(2,3)22-14(21)20-8-6-19(7-9-20)12-5-4-11(10-17)13(16)18-12;14-13(15)10-6-8-12(9-7-10)16-11-4-2-1-3-5-11;1-2-3(4)5;/h4-14H,15-18H2,1-3H3;2-13H,1,14-17H2,(H,30,31);1-11,23H,12-15H2,(H,26,27);4-5H,6-9H2,1-3H3;1-9,14-15H;2H,1H2;1H. The maximum absolute atomic E-state index is 12.3. The highest BCUT2D eigenvalue weighted by Gasteiger charge is 2.31. The summed E-state index contributed by atoms with van der Waals surface area (Å²) in [5.74, 6) is 6.56. The van der Waals surface area contributed by atoms with Gasteiger partial charge in [-0.05, 0) is 253 Å². The number of anilines is 4. The maximum Gasteiger partial charge on any atom is 0.488 e. The molecule has 3 amide bonds. The van der Waals surface area contributed by atoms with Crippen LogP contribution in [0.1, 0.15) is 73.4 Å². The topological polar surface area (TPSA) is 373 Å². The highest BCUT2D eigenvalue weighted by Crippen LogP contribution is 2.35. The molecule has 4 saturated heterocycles. The molecule has 5 N–H and O–H groups in total. The molecule has 0 spiro atoms. The molecule has 30 nitrogen and oxygen atoms in total. The van der Waals surface area contributed by atoms with Crippen molar-refractivity contribution in [2.75, 3.05) is 124 Å². The summed E-state index contributed by atoms with van der Waals surface area (Å²) in [5.41, 5.74) is 4.39. The second kappa shape index (κ2) is 51.4. The van der Waals surface area contributed by atoms with E-state index in [1.54, 1.807) is 106 Å². The van der Waals surface area contributed by atoms with Crippen LogP contribution in [0.25, 0.3) is 33.8 Å². The SMILES string of the molecule is C=CC(=O)Cl.C=CC(=O)N1CCN(c2ccc(C(=O)O)c(-c3ccc(Oc4ccccc4)cc3)n2)CC1.CC(C)(C)OC(=O)N1CCN(c2ccc(C#N)c(-c3ccc(Oc4ccccc4)cc3)n2)CC1.CC(C)(C)OC(=O)N1CCN(c2ccc(C#N)c(Cl)n2)CC1.Cl.O=C(O)c1ccc(N2CCNCC2)nc1-c1ccc(Oc2ccccc2)cc1.OB(O)c1ccc(Oc2ccccc2)cc1. The van der Waals surface area contributed by atoms with Gasteiger partial charge in [0.2, 0.25) is 11.1 Å². The lowest BCUT2D eigenvalue weighted by Gasteiger charge is -2.36. The molecule has 4 aliphatic heterocycles. The minimum atomic E-state index is -1.44. The molecule has 712 valence electrons. The number of para-hydroxylation sites is 4. The molecule has 0 atom stereocenters. The number of aromatic nitrogens is 4. The third kappa shape index (κ3) is 31.9. The number of hydrogen-bond donors (Lipinski definition) is 5. The number of pyridine rings is 4. The fraction of sp³-hybridized carbons (Fsp3) is 0.231. The largest absolute Gasteiger partial charge is 0.488 e. The summed E-state index contributed by atoms with van der Waals surface area (Å²) in [6.07, 6.45) is 1.77. The summed E-state index contributed by atoms with van der Waals surface area (Å²) < 4.78 is 33.9. The molecule has 12 aromatic rings. The molecule has 34 heteroatoms. The van der Waals surface area contributed by atoms with Crippen LogP contribution in [0.2, 0.25) is 5.15 Å². The Kier molecular flexibility index (Phi) is 39.0. The third-order valence-corrected chi connectivity index (χ3v) is 21.3. The summed E-state index contributed by atoms with van der Waals surface area (Å²) >= 11 is 10.7. The van der Waals surface area contributed by atoms with Crippen LogP contribution in [0.4, 0.5) is 32.9 Å². The van der Waals surface area contributed by atoms with Gasteiger partial charge in [-0.25, -0.2) is 39.1 Å². The van der Waals surface area contributed by atoms with Crippen molar-refractivity contribution in [2.45, 2.75) is 52.7 Å². The summed E-state index contributed by atoms with van der Waals surface area (Å²) in [4.78, 5) is 101. The van der Waals surface area contributed by atoms with E-state index in [0.29, 0.717) is 152 Å². The first-order valence-corrected chi connectivity index (χ1v) is 44.7. The number of carbonyl (C=O) groups is 6. The summed E-state index contributed by atoms with van der Waals surface area (Å²) in [6, 6.07) is 84.7. The Morgan fingerprint density at radius 3 is 0.964 bits per heavy atom. The van der Waals surface area contributed by atoms with E-state index in [-0.39, 0.29) is 46.8 Å². The van der Waals surface area contributed by atoms with Gasteiger partial charge in [0, 0.05) is 121 Å². The van der Waals surface area contributed by atoms with Crippen molar-refractivity contribution in [3.8, 4) is 91.9 Å². The molecule has 4 fully saturated rings. The smallest absolute Gasteiger partial charge is 0.478 e. The Hall–Kier alpha value is -15.3. The van der Waals surface area contributed by atoms with Gasteiger partial charge in [0.05, 0.1) is 39.3 Å². The highest BCUT2D eigenvalue weighted by molar-refractivity contribution is 6.66. The van der Waals surface area contributed by atoms with Gasteiger partial charge in [-0.3, -0.25) is 9.59 Å². The maximum atomic E-state index is 12.3. The van der Waals surface area contributed by atoms with E-state index in [1.165, 1.54) is 6.08 Å². The van der Waals surface area contributed by atoms with Gasteiger partial charge in [0.15, 0.2) is 0 Å². The molecular formula is C104H106BCl3N14O16. The zero-order valence-corrected chi connectivity index (χ0v) is 79.4. The zero-order chi connectivity index (χ0) is 98.0. The first-order chi connectivity index (χ1) is 65.9. The van der Waals surface area contributed by atoms with Crippen LogP contribution in [0.5, 0.6) is 46.0 Å². The van der Waals surface area contributed by atoms with E-state index < -0.39 is 35.5 Å². The molecule has 138 heavy (non-hydrogen) atoms. The van der Waals surface area contributed by atoms with Crippen LogP contribution in [0.15, 0.2) is 292 Å². The summed E-state index contributed by atoms with van der Waals surface area (Å²) in [5, 5.41) is 58.6. The van der Waals surface area contributed by atoms with Gasteiger partial charge in [0.25, 0.3) is 0 Å². The fourth-order valence-corrected chi connectivity index (χ4v) is 14.2. The van der Waals surface area contributed by atoms with Crippen LogP contribution in [0, 0.1) is 22.7 Å². The number of benzene rings is 8. The van der Waals surface area contributed by atoms with E-state index in [2.05, 4.69) is 54.2 Å². The normalized spacial score (nSPS) is 13.2. The molecule has 0 unspecified atom stereocenters. The number of hydrogen-bond acceptors (Lipinski definition) is 25. The van der Waals surface area contributed by atoms with Crippen molar-refractivity contribution < 1.29 is 77.4 Å². The first-order valence-electron chi connectivity index (χ1n) is 44.0. The van der Waals surface area contributed by atoms with Gasteiger partial charge in [-0.15, -0.1) is 12.4 Å². The first kappa shape index (κ1) is 105. The number of rotatable bonds is 20. The number of halogens is 3. The van der Waals surface area contributed by atoms with Crippen molar-refractivity contribution in [3.05, 3.63) is 320 Å². The Morgan fingerprint density at radius 2 is 0.667 bits per heavy atom. The number of nitrogens with zero attached hydrogens (tertiary/aromatic N) is 13. The molecule has 0 bridgehead atoms. The van der Waals surface area contributed by atoms with Crippen LogP contribution < -0.4 is 49.3 Å². The van der Waals surface area contributed by atoms with Crippen LogP contribution >= 0.6 is 35.6 Å². The second-order valence-electron chi connectivity index (χ2n) is 32.9. The predicted octanol–water partition coefficient (Wildman–Crippen LogP) is 18.4. The van der Waals surface area contributed by atoms with Gasteiger partial charge in [0.1, 0.15) is 97.8 Å².